The predicted octanol–water partition coefficient (Wildman–Crippen LogP) is 2.88. The third kappa shape index (κ3) is 6.34. The second-order valence-electron chi connectivity index (χ2n) is 7.33. The minimum absolute atomic E-state index is 0.0515. The summed E-state index contributed by atoms with van der Waals surface area (Å²) in [7, 11) is 1.84. The van der Waals surface area contributed by atoms with Crippen LogP contribution in [0.3, 0.4) is 0 Å². The number of unbranched alkanes of at least 4 members (excludes halogenated alkanes) is 2. The Morgan fingerprint density at radius 1 is 1.27 bits per heavy atom. The molecule has 6 heteroatoms. The Morgan fingerprint density at radius 2 is 2.00 bits per heavy atom. The molecule has 0 spiro atoms. The molecule has 0 bridgehead atoms. The van der Waals surface area contributed by atoms with Crippen LogP contribution in [0.2, 0.25) is 0 Å². The second kappa shape index (κ2) is 10.6. The fourth-order valence-electron chi connectivity index (χ4n) is 3.47. The molecule has 4 N–H and O–H groups in total. The quantitative estimate of drug-likeness (QED) is 0.558. The van der Waals surface area contributed by atoms with Crippen LogP contribution in [0.4, 0.5) is 4.39 Å². The van der Waals surface area contributed by atoms with Crippen LogP contribution in [-0.2, 0) is 4.79 Å². The number of halogens is 1. The van der Waals surface area contributed by atoms with Gasteiger partial charge in [-0.2, -0.15) is 0 Å². The van der Waals surface area contributed by atoms with E-state index in [0.29, 0.717) is 6.04 Å². The lowest BCUT2D eigenvalue weighted by Gasteiger charge is -2.21. The van der Waals surface area contributed by atoms with Crippen LogP contribution in [-0.4, -0.2) is 36.5 Å². The Morgan fingerprint density at radius 3 is 2.69 bits per heavy atom. The fourth-order valence-corrected chi connectivity index (χ4v) is 3.47. The third-order valence-electron chi connectivity index (χ3n) is 5.09. The van der Waals surface area contributed by atoms with Crippen molar-refractivity contribution in [2.24, 2.45) is 5.73 Å². The number of nitrogens with one attached hydrogen (secondary N) is 2. The van der Waals surface area contributed by atoms with Gasteiger partial charge in [-0.05, 0) is 43.4 Å². The molecular weight excluding hydrogens is 331 g/mol. The molecule has 1 aromatic carbocycles. The summed E-state index contributed by atoms with van der Waals surface area (Å²) in [5, 5.41) is 0. The van der Waals surface area contributed by atoms with E-state index >= 15 is 0 Å². The highest BCUT2D eigenvalue weighted by molar-refractivity contribution is 5.81. The number of amides is 1. The van der Waals surface area contributed by atoms with E-state index in [4.69, 9.17) is 5.73 Å². The lowest BCUT2D eigenvalue weighted by molar-refractivity contribution is -0.131. The van der Waals surface area contributed by atoms with E-state index in [0.717, 1.165) is 57.1 Å². The summed E-state index contributed by atoms with van der Waals surface area (Å²) >= 11 is 0. The summed E-state index contributed by atoms with van der Waals surface area (Å²) in [5.74, 6) is -0.147. The third-order valence-corrected chi connectivity index (χ3v) is 5.09. The standard InChI is InChI=1S/C20H33FN4O/c1-3-7-18(22)20(26)25(2)13-6-4-5-8-17-14-19(24-23-17)15-9-11-16(21)12-10-15/h9-12,17-19,23-24H,3-8,13-14,22H2,1-2H3. The Labute approximate surface area is 156 Å². The molecule has 3 unspecified atom stereocenters. The first-order valence-corrected chi connectivity index (χ1v) is 9.78. The van der Waals surface area contributed by atoms with Crippen molar-refractivity contribution in [3.05, 3.63) is 35.6 Å². The van der Waals surface area contributed by atoms with Gasteiger partial charge in [-0.15, -0.1) is 0 Å². The average molecular weight is 365 g/mol. The largest absolute Gasteiger partial charge is 0.344 e. The molecule has 1 saturated heterocycles. The van der Waals surface area contributed by atoms with Gasteiger partial charge >= 0.3 is 0 Å². The monoisotopic (exact) mass is 364 g/mol. The molecule has 1 aliphatic heterocycles. The Bertz CT molecular complexity index is 551. The predicted molar refractivity (Wildman–Crippen MR) is 103 cm³/mol. The molecule has 1 amide bonds. The molecule has 1 heterocycles. The summed E-state index contributed by atoms with van der Waals surface area (Å²) in [4.78, 5) is 13.8. The smallest absolute Gasteiger partial charge is 0.239 e. The van der Waals surface area contributed by atoms with Crippen molar-refractivity contribution < 1.29 is 9.18 Å². The van der Waals surface area contributed by atoms with Crippen LogP contribution >= 0.6 is 0 Å². The maximum Gasteiger partial charge on any atom is 0.239 e. The van der Waals surface area contributed by atoms with Gasteiger partial charge in [-0.1, -0.05) is 38.3 Å². The molecule has 3 atom stereocenters. The molecule has 2 rings (SSSR count). The molecule has 146 valence electrons. The Balaban J connectivity index is 1.59. The number of nitrogens with zero attached hydrogens (tertiary/aromatic N) is 1. The minimum atomic E-state index is -0.359. The lowest BCUT2D eigenvalue weighted by atomic mass is 9.99. The van der Waals surface area contributed by atoms with Crippen LogP contribution in [0.25, 0.3) is 0 Å². The number of hydrogen-bond acceptors (Lipinski definition) is 4. The van der Waals surface area contributed by atoms with Gasteiger partial charge in [0.25, 0.3) is 0 Å². The molecule has 0 aliphatic carbocycles. The number of carbonyl (C=O) groups excluding carboxylic acids is 1. The van der Waals surface area contributed by atoms with E-state index in [1.165, 1.54) is 12.1 Å². The van der Waals surface area contributed by atoms with E-state index < -0.39 is 0 Å². The molecular formula is C20H33FN4O. The van der Waals surface area contributed by atoms with Gasteiger partial charge in [0, 0.05) is 25.7 Å². The van der Waals surface area contributed by atoms with Crippen molar-refractivity contribution >= 4 is 5.91 Å². The number of likely N-dealkylation sites (N-methyl/N-ethyl adjacent to an activating group) is 1. The van der Waals surface area contributed by atoms with Gasteiger partial charge < -0.3 is 10.6 Å². The van der Waals surface area contributed by atoms with Gasteiger partial charge in [0.2, 0.25) is 5.91 Å². The second-order valence-corrected chi connectivity index (χ2v) is 7.33. The van der Waals surface area contributed by atoms with Crippen molar-refractivity contribution in [2.75, 3.05) is 13.6 Å². The summed E-state index contributed by atoms with van der Waals surface area (Å²) in [5.41, 5.74) is 13.6. The first-order valence-electron chi connectivity index (χ1n) is 9.78. The van der Waals surface area contributed by atoms with Crippen molar-refractivity contribution in [1.82, 2.24) is 15.8 Å². The number of hydrazine groups is 1. The number of rotatable bonds is 10. The normalized spacial score (nSPS) is 20.9. The van der Waals surface area contributed by atoms with Gasteiger partial charge in [-0.25, -0.2) is 4.39 Å². The highest BCUT2D eigenvalue weighted by Gasteiger charge is 2.24. The zero-order valence-corrected chi connectivity index (χ0v) is 16.0. The molecule has 26 heavy (non-hydrogen) atoms. The first-order chi connectivity index (χ1) is 12.5. The molecule has 1 fully saturated rings. The summed E-state index contributed by atoms with van der Waals surface area (Å²) < 4.78 is 13.0. The number of nitrogens with two attached hydrogens (primary N) is 1. The molecule has 1 aromatic rings. The van der Waals surface area contributed by atoms with Crippen LogP contribution in [0, 0.1) is 5.82 Å². The highest BCUT2D eigenvalue weighted by Crippen LogP contribution is 2.24. The summed E-state index contributed by atoms with van der Waals surface area (Å²) in [6, 6.07) is 7.01. The van der Waals surface area contributed by atoms with Crippen LogP contribution < -0.4 is 16.6 Å². The SMILES string of the molecule is CCCC(N)C(=O)N(C)CCCCCC1CC(c2ccc(F)cc2)NN1. The van der Waals surface area contributed by atoms with Crippen molar-refractivity contribution in [2.45, 2.75) is 70.0 Å². The molecule has 0 saturated carbocycles. The van der Waals surface area contributed by atoms with Crippen LogP contribution in [0.15, 0.2) is 24.3 Å². The maximum absolute atomic E-state index is 13.0. The number of hydrogen-bond donors (Lipinski definition) is 3. The Kier molecular flexibility index (Phi) is 8.48. The van der Waals surface area contributed by atoms with E-state index in [9.17, 15) is 9.18 Å². The van der Waals surface area contributed by atoms with Crippen molar-refractivity contribution in [3.63, 3.8) is 0 Å². The minimum Gasteiger partial charge on any atom is -0.344 e. The van der Waals surface area contributed by atoms with E-state index in [1.807, 2.05) is 26.1 Å². The topological polar surface area (TPSA) is 70.4 Å². The lowest BCUT2D eigenvalue weighted by Crippen LogP contribution is -2.42. The van der Waals surface area contributed by atoms with E-state index in [1.54, 1.807) is 4.90 Å². The van der Waals surface area contributed by atoms with Crippen LogP contribution in [0.1, 0.15) is 63.5 Å². The molecule has 1 aliphatic rings. The van der Waals surface area contributed by atoms with E-state index in [-0.39, 0.29) is 23.8 Å². The van der Waals surface area contributed by atoms with Crippen molar-refractivity contribution in [1.29, 1.82) is 0 Å². The fraction of sp³-hybridized carbons (Fsp3) is 0.650. The van der Waals surface area contributed by atoms with Gasteiger partial charge in [0.1, 0.15) is 5.82 Å². The number of benzene rings is 1. The van der Waals surface area contributed by atoms with Gasteiger partial charge in [-0.3, -0.25) is 15.6 Å². The summed E-state index contributed by atoms with van der Waals surface area (Å²) in [6.45, 7) is 2.81. The zero-order chi connectivity index (χ0) is 18.9. The molecule has 5 nitrogen and oxygen atoms in total. The summed E-state index contributed by atoms with van der Waals surface area (Å²) in [6.07, 6.45) is 7.01. The van der Waals surface area contributed by atoms with Gasteiger partial charge in [0.05, 0.1) is 6.04 Å². The Hall–Kier alpha value is -1.50. The highest BCUT2D eigenvalue weighted by atomic mass is 19.1. The maximum atomic E-state index is 13.0. The average Bonchev–Trinajstić information content (AvgIpc) is 3.10. The number of carbonyl (C=O) groups is 1. The molecule has 0 aromatic heterocycles. The van der Waals surface area contributed by atoms with Crippen LogP contribution in [0.5, 0.6) is 0 Å². The van der Waals surface area contributed by atoms with Crippen molar-refractivity contribution in [3.8, 4) is 0 Å². The van der Waals surface area contributed by atoms with Gasteiger partial charge in [0.15, 0.2) is 0 Å². The zero-order valence-electron chi connectivity index (χ0n) is 16.0. The van der Waals surface area contributed by atoms with E-state index in [2.05, 4.69) is 10.9 Å². The first kappa shape index (κ1) is 20.8. The molecule has 0 radical (unpaired) electrons.